The van der Waals surface area contributed by atoms with Crippen LogP contribution in [0.2, 0.25) is 0 Å². The van der Waals surface area contributed by atoms with Gasteiger partial charge in [0.05, 0.1) is 5.69 Å². The Hall–Kier alpha value is -1.55. The highest BCUT2D eigenvalue weighted by molar-refractivity contribution is 5.85. The Kier molecular flexibility index (Phi) is 5.65. The normalized spacial score (nSPS) is 10.1. The summed E-state index contributed by atoms with van der Waals surface area (Å²) in [4.78, 5) is 8.45. The largest absolute Gasteiger partial charge is 0.369 e. The Balaban J connectivity index is 0.00000162. The van der Waals surface area contributed by atoms with Crippen molar-refractivity contribution in [1.82, 2.24) is 14.5 Å². The van der Waals surface area contributed by atoms with Gasteiger partial charge in [-0.15, -0.1) is 12.4 Å². The molecule has 0 unspecified atom stereocenters. The first kappa shape index (κ1) is 14.5. The van der Waals surface area contributed by atoms with Crippen LogP contribution in [-0.2, 0) is 6.54 Å². The Bertz CT molecular complexity index is 467. The van der Waals surface area contributed by atoms with Gasteiger partial charge < -0.3 is 10.3 Å². The number of unbranched alkanes of at least 4 members (excludes halogenated alkanes) is 2. The molecule has 2 N–H and O–H groups in total. The molecule has 0 saturated carbocycles. The first-order chi connectivity index (χ1) is 8.31. The van der Waals surface area contributed by atoms with Gasteiger partial charge in [0, 0.05) is 30.7 Å². The van der Waals surface area contributed by atoms with Gasteiger partial charge in [-0.1, -0.05) is 19.8 Å². The summed E-state index contributed by atoms with van der Waals surface area (Å²) in [6, 6.07) is 3.90. The van der Waals surface area contributed by atoms with E-state index in [1.807, 2.05) is 22.9 Å². The van der Waals surface area contributed by atoms with Crippen molar-refractivity contribution in [1.29, 1.82) is 0 Å². The number of halogens is 1. The van der Waals surface area contributed by atoms with E-state index in [0.29, 0.717) is 5.95 Å². The minimum atomic E-state index is 0. The second kappa shape index (κ2) is 7.01. The molecule has 0 radical (unpaired) electrons. The zero-order valence-corrected chi connectivity index (χ0v) is 11.4. The van der Waals surface area contributed by atoms with Gasteiger partial charge in [0.25, 0.3) is 0 Å². The fourth-order valence-electron chi connectivity index (χ4n) is 1.79. The number of nitrogen functional groups attached to an aromatic ring is 1. The van der Waals surface area contributed by atoms with Crippen molar-refractivity contribution in [2.45, 2.75) is 32.7 Å². The number of aryl methyl sites for hydroxylation is 1. The second-order valence-corrected chi connectivity index (χ2v) is 4.13. The molecular weight excluding hydrogens is 248 g/mol. The molecule has 4 nitrogen and oxygen atoms in total. The van der Waals surface area contributed by atoms with Crippen molar-refractivity contribution in [2.24, 2.45) is 0 Å². The summed E-state index contributed by atoms with van der Waals surface area (Å²) in [6.45, 7) is 3.13. The number of nitrogens with two attached hydrogens (primary N) is 1. The fraction of sp³-hybridized carbons (Fsp3) is 0.385. The summed E-state index contributed by atoms with van der Waals surface area (Å²) in [7, 11) is 0. The van der Waals surface area contributed by atoms with Gasteiger partial charge in [-0.25, -0.2) is 4.98 Å². The maximum absolute atomic E-state index is 5.89. The van der Waals surface area contributed by atoms with Crippen LogP contribution in [0.4, 0.5) is 5.95 Å². The molecule has 0 aliphatic heterocycles. The first-order valence-electron chi connectivity index (χ1n) is 6.04. The standard InChI is InChI=1S/C13H18N4.ClH/c1-2-3-4-8-17-10-12(16-13(17)14)11-6-5-7-15-9-11;/h5-7,9-10H,2-4,8H2,1H3,(H2,14,16);1H. The molecule has 0 amide bonds. The number of rotatable bonds is 5. The number of anilines is 1. The average molecular weight is 267 g/mol. The third kappa shape index (κ3) is 3.47. The smallest absolute Gasteiger partial charge is 0.200 e. The van der Waals surface area contributed by atoms with Crippen LogP contribution in [0.1, 0.15) is 26.2 Å². The monoisotopic (exact) mass is 266 g/mol. The van der Waals surface area contributed by atoms with E-state index in [0.717, 1.165) is 24.2 Å². The Morgan fingerprint density at radius 1 is 1.33 bits per heavy atom. The molecule has 0 aromatic carbocycles. The summed E-state index contributed by atoms with van der Waals surface area (Å²) in [5.74, 6) is 0.583. The number of hydrogen-bond donors (Lipinski definition) is 1. The van der Waals surface area contributed by atoms with E-state index in [-0.39, 0.29) is 12.4 Å². The van der Waals surface area contributed by atoms with E-state index in [1.165, 1.54) is 12.8 Å². The van der Waals surface area contributed by atoms with E-state index < -0.39 is 0 Å². The molecule has 0 aliphatic carbocycles. The lowest BCUT2D eigenvalue weighted by atomic mass is 10.2. The van der Waals surface area contributed by atoms with Gasteiger partial charge in [-0.2, -0.15) is 0 Å². The van der Waals surface area contributed by atoms with Crippen LogP contribution in [0.5, 0.6) is 0 Å². The fourth-order valence-corrected chi connectivity index (χ4v) is 1.79. The second-order valence-electron chi connectivity index (χ2n) is 4.13. The van der Waals surface area contributed by atoms with Crippen LogP contribution in [0.25, 0.3) is 11.3 Å². The van der Waals surface area contributed by atoms with Crippen LogP contribution in [0.15, 0.2) is 30.7 Å². The van der Waals surface area contributed by atoms with Crippen LogP contribution in [0, 0.1) is 0 Å². The van der Waals surface area contributed by atoms with Gasteiger partial charge in [0.2, 0.25) is 5.95 Å². The van der Waals surface area contributed by atoms with Crippen molar-refractivity contribution >= 4 is 18.4 Å². The topological polar surface area (TPSA) is 56.7 Å². The number of pyridine rings is 1. The third-order valence-electron chi connectivity index (χ3n) is 2.77. The van der Waals surface area contributed by atoms with E-state index in [9.17, 15) is 0 Å². The molecule has 0 atom stereocenters. The highest BCUT2D eigenvalue weighted by Crippen LogP contribution is 2.18. The molecule has 0 aliphatic rings. The molecule has 2 aromatic heterocycles. The number of aromatic nitrogens is 3. The van der Waals surface area contributed by atoms with Gasteiger partial charge in [0.15, 0.2) is 0 Å². The lowest BCUT2D eigenvalue weighted by Crippen LogP contribution is -2.02. The Morgan fingerprint density at radius 2 is 2.17 bits per heavy atom. The molecule has 18 heavy (non-hydrogen) atoms. The molecular formula is C13H19ClN4. The highest BCUT2D eigenvalue weighted by atomic mass is 35.5. The van der Waals surface area contributed by atoms with E-state index in [4.69, 9.17) is 5.73 Å². The van der Waals surface area contributed by atoms with Crippen molar-refractivity contribution in [2.75, 3.05) is 5.73 Å². The van der Waals surface area contributed by atoms with Gasteiger partial charge in [-0.3, -0.25) is 4.98 Å². The van der Waals surface area contributed by atoms with E-state index in [1.54, 1.807) is 12.4 Å². The van der Waals surface area contributed by atoms with E-state index >= 15 is 0 Å². The van der Waals surface area contributed by atoms with Crippen molar-refractivity contribution < 1.29 is 0 Å². The molecule has 5 heteroatoms. The summed E-state index contributed by atoms with van der Waals surface area (Å²) >= 11 is 0. The minimum absolute atomic E-state index is 0. The van der Waals surface area contributed by atoms with E-state index in [2.05, 4.69) is 16.9 Å². The average Bonchev–Trinajstić information content (AvgIpc) is 2.73. The summed E-state index contributed by atoms with van der Waals surface area (Å²) in [5.41, 5.74) is 7.80. The molecule has 2 heterocycles. The van der Waals surface area contributed by atoms with Crippen molar-refractivity contribution in [3.8, 4) is 11.3 Å². The molecule has 0 spiro atoms. The molecule has 0 bridgehead atoms. The molecule has 98 valence electrons. The molecule has 0 saturated heterocycles. The summed E-state index contributed by atoms with van der Waals surface area (Å²) < 4.78 is 2.01. The van der Waals surface area contributed by atoms with Crippen LogP contribution < -0.4 is 5.73 Å². The predicted molar refractivity (Wildman–Crippen MR) is 76.6 cm³/mol. The van der Waals surface area contributed by atoms with Crippen LogP contribution >= 0.6 is 12.4 Å². The maximum Gasteiger partial charge on any atom is 0.200 e. The number of imidazole rings is 1. The first-order valence-corrected chi connectivity index (χ1v) is 6.04. The summed E-state index contributed by atoms with van der Waals surface area (Å²) in [5, 5.41) is 0. The van der Waals surface area contributed by atoms with Crippen molar-refractivity contribution in [3.05, 3.63) is 30.7 Å². The third-order valence-corrected chi connectivity index (χ3v) is 2.77. The highest BCUT2D eigenvalue weighted by Gasteiger charge is 2.06. The minimum Gasteiger partial charge on any atom is -0.369 e. The van der Waals surface area contributed by atoms with Gasteiger partial charge >= 0.3 is 0 Å². The van der Waals surface area contributed by atoms with Crippen LogP contribution in [-0.4, -0.2) is 14.5 Å². The quantitative estimate of drug-likeness (QED) is 0.846. The molecule has 0 fully saturated rings. The van der Waals surface area contributed by atoms with Gasteiger partial charge in [-0.05, 0) is 18.6 Å². The molecule has 2 rings (SSSR count). The zero-order valence-electron chi connectivity index (χ0n) is 10.5. The maximum atomic E-state index is 5.89. The SMILES string of the molecule is CCCCCn1cc(-c2cccnc2)nc1N.Cl. The Morgan fingerprint density at radius 3 is 2.83 bits per heavy atom. The van der Waals surface area contributed by atoms with Gasteiger partial charge in [0.1, 0.15) is 0 Å². The van der Waals surface area contributed by atoms with Crippen LogP contribution in [0.3, 0.4) is 0 Å². The van der Waals surface area contributed by atoms with Crippen molar-refractivity contribution in [3.63, 3.8) is 0 Å². The lowest BCUT2D eigenvalue weighted by Gasteiger charge is -2.02. The zero-order chi connectivity index (χ0) is 12.1. The number of nitrogens with zero attached hydrogens (tertiary/aromatic N) is 3. The lowest BCUT2D eigenvalue weighted by molar-refractivity contribution is 0.608. The Labute approximate surface area is 114 Å². The molecule has 2 aromatic rings. The predicted octanol–water partition coefficient (Wildman–Crippen LogP) is 3.14. The summed E-state index contributed by atoms with van der Waals surface area (Å²) in [6.07, 6.45) is 9.14. The number of hydrogen-bond acceptors (Lipinski definition) is 3.